The Morgan fingerprint density at radius 3 is 2.44 bits per heavy atom. The Labute approximate surface area is 159 Å². The smallest absolute Gasteiger partial charge is 0.0513 e. The van der Waals surface area contributed by atoms with Crippen LogP contribution in [0.25, 0.3) is 0 Å². The maximum absolute atomic E-state index is 4.98. The molecule has 0 saturated carbocycles. The zero-order valence-electron chi connectivity index (χ0n) is 15.5. The van der Waals surface area contributed by atoms with Crippen LogP contribution in [0.1, 0.15) is 52.3 Å². The van der Waals surface area contributed by atoms with Gasteiger partial charge in [-0.1, -0.05) is 28.1 Å². The van der Waals surface area contributed by atoms with Crippen LogP contribution in [-0.2, 0) is 12.8 Å². The maximum Gasteiger partial charge on any atom is 0.0513 e. The van der Waals surface area contributed by atoms with Crippen LogP contribution in [0.2, 0.25) is 0 Å². The first-order chi connectivity index (χ1) is 12.0. The first-order valence-corrected chi connectivity index (χ1v) is 10.2. The van der Waals surface area contributed by atoms with Crippen molar-refractivity contribution in [1.82, 2.24) is 9.88 Å². The molecule has 1 aromatic heterocycles. The zero-order valence-corrected chi connectivity index (χ0v) is 17.1. The molecule has 0 N–H and O–H groups in total. The Balaban J connectivity index is 1.87. The molecule has 1 atom stereocenters. The van der Waals surface area contributed by atoms with E-state index in [1.165, 1.54) is 63.9 Å². The summed E-state index contributed by atoms with van der Waals surface area (Å²) in [5.41, 5.74) is 8.46. The number of pyridine rings is 1. The number of aryl methyl sites for hydroxylation is 4. The van der Waals surface area contributed by atoms with E-state index in [9.17, 15) is 0 Å². The van der Waals surface area contributed by atoms with Crippen molar-refractivity contribution in [2.24, 2.45) is 5.92 Å². The van der Waals surface area contributed by atoms with Crippen LogP contribution in [0.5, 0.6) is 0 Å². The van der Waals surface area contributed by atoms with Crippen molar-refractivity contribution < 1.29 is 0 Å². The van der Waals surface area contributed by atoms with E-state index in [2.05, 4.69) is 66.1 Å². The fourth-order valence-corrected chi connectivity index (χ4v) is 5.59. The minimum absolute atomic E-state index is 0.428. The molecule has 4 rings (SSSR count). The van der Waals surface area contributed by atoms with E-state index in [-0.39, 0.29) is 0 Å². The molecule has 0 spiro atoms. The predicted molar refractivity (Wildman–Crippen MR) is 107 cm³/mol. The molecule has 1 saturated heterocycles. The monoisotopic (exact) mass is 398 g/mol. The summed E-state index contributed by atoms with van der Waals surface area (Å²) < 4.78 is 1.28. The van der Waals surface area contributed by atoms with Crippen molar-refractivity contribution in [3.8, 4) is 0 Å². The molecule has 0 radical (unpaired) electrons. The Kier molecular flexibility index (Phi) is 4.72. The number of likely N-dealkylation sites (tertiary alicyclic amines) is 1. The third-order valence-corrected chi connectivity index (χ3v) is 6.66. The molecule has 1 unspecified atom stereocenters. The van der Waals surface area contributed by atoms with E-state index >= 15 is 0 Å². The van der Waals surface area contributed by atoms with Crippen LogP contribution in [0.3, 0.4) is 0 Å². The summed E-state index contributed by atoms with van der Waals surface area (Å²) in [4.78, 5) is 7.44. The lowest BCUT2D eigenvalue weighted by molar-refractivity contribution is 0.206. The number of fused-ring (bicyclic) bond motifs is 2. The highest BCUT2D eigenvalue weighted by atomic mass is 79.9. The fraction of sp³-hybridized carbons (Fsp3) is 0.500. The normalized spacial score (nSPS) is 21.5. The van der Waals surface area contributed by atoms with Gasteiger partial charge in [0.2, 0.25) is 0 Å². The molecule has 0 amide bonds. The highest BCUT2D eigenvalue weighted by Gasteiger charge is 2.34. The average molecular weight is 399 g/mol. The van der Waals surface area contributed by atoms with E-state index in [0.29, 0.717) is 11.8 Å². The molecule has 1 aromatic carbocycles. The van der Waals surface area contributed by atoms with Gasteiger partial charge in [-0.2, -0.15) is 0 Å². The lowest BCUT2D eigenvalue weighted by Gasteiger charge is -2.35. The molecule has 1 aliphatic carbocycles. The van der Waals surface area contributed by atoms with Crippen LogP contribution < -0.4 is 0 Å². The molecule has 1 fully saturated rings. The third-order valence-electron chi connectivity index (χ3n) is 6.00. The number of halogens is 1. The van der Waals surface area contributed by atoms with E-state index in [1.54, 1.807) is 0 Å². The quantitative estimate of drug-likeness (QED) is 0.669. The first-order valence-electron chi connectivity index (χ1n) is 9.46. The number of hydrogen-bond acceptors (Lipinski definition) is 2. The van der Waals surface area contributed by atoms with Crippen molar-refractivity contribution in [1.29, 1.82) is 0 Å². The Morgan fingerprint density at radius 2 is 1.68 bits per heavy atom. The molecular formula is C22H27BrN2. The number of benzene rings is 1. The van der Waals surface area contributed by atoms with Gasteiger partial charge < -0.3 is 4.90 Å². The average Bonchev–Trinajstić information content (AvgIpc) is 2.72. The first kappa shape index (κ1) is 17.2. The van der Waals surface area contributed by atoms with Crippen molar-refractivity contribution in [3.05, 3.63) is 62.4 Å². The van der Waals surface area contributed by atoms with Crippen LogP contribution >= 0.6 is 15.9 Å². The molecule has 2 aromatic rings. The van der Waals surface area contributed by atoms with Gasteiger partial charge in [-0.3, -0.25) is 4.98 Å². The number of nitrogens with zero attached hydrogens (tertiary/aromatic N) is 2. The van der Waals surface area contributed by atoms with Gasteiger partial charge in [-0.05, 0) is 99.5 Å². The zero-order chi connectivity index (χ0) is 17.6. The second-order valence-electron chi connectivity index (χ2n) is 7.99. The second kappa shape index (κ2) is 6.85. The molecule has 1 aliphatic heterocycles. The minimum atomic E-state index is 0.428. The Hall–Kier alpha value is -1.19. The molecule has 2 nitrogen and oxygen atoms in total. The number of rotatable bonds is 1. The van der Waals surface area contributed by atoms with Crippen LogP contribution in [-0.4, -0.2) is 30.0 Å². The van der Waals surface area contributed by atoms with Gasteiger partial charge in [0.25, 0.3) is 0 Å². The van der Waals surface area contributed by atoms with Gasteiger partial charge in [0, 0.05) is 16.6 Å². The van der Waals surface area contributed by atoms with Crippen molar-refractivity contribution in [2.45, 2.75) is 45.4 Å². The lowest BCUT2D eigenvalue weighted by atomic mass is 9.76. The van der Waals surface area contributed by atoms with Crippen molar-refractivity contribution in [2.75, 3.05) is 20.1 Å². The minimum Gasteiger partial charge on any atom is -0.306 e. The topological polar surface area (TPSA) is 16.1 Å². The van der Waals surface area contributed by atoms with E-state index < -0.39 is 0 Å². The van der Waals surface area contributed by atoms with E-state index in [0.717, 1.165) is 12.8 Å². The van der Waals surface area contributed by atoms with Crippen LogP contribution in [0.4, 0.5) is 0 Å². The molecule has 2 aliphatic rings. The van der Waals surface area contributed by atoms with Gasteiger partial charge in [0.1, 0.15) is 0 Å². The molecule has 3 heteroatoms. The summed E-state index contributed by atoms with van der Waals surface area (Å²) in [6.07, 6.45) is 6.81. The molecular weight excluding hydrogens is 372 g/mol. The molecule has 0 bridgehead atoms. The standard InChI is InChI=1S/C22H27BrN2/c1-14-10-17-4-5-18-11-15(2)13-24-22(18)21(20(17)19(23)12-14)16-6-8-25(3)9-7-16/h10-13,16,21H,4-9H2,1-3H3. The summed E-state index contributed by atoms with van der Waals surface area (Å²) in [7, 11) is 2.24. The Morgan fingerprint density at radius 1 is 1.00 bits per heavy atom. The Bertz CT molecular complexity index is 791. The van der Waals surface area contributed by atoms with E-state index in [4.69, 9.17) is 4.98 Å². The maximum atomic E-state index is 4.98. The highest BCUT2D eigenvalue weighted by Crippen LogP contribution is 2.45. The number of hydrogen-bond donors (Lipinski definition) is 0. The molecule has 132 valence electrons. The summed E-state index contributed by atoms with van der Waals surface area (Å²) >= 11 is 3.91. The van der Waals surface area contributed by atoms with Crippen molar-refractivity contribution in [3.63, 3.8) is 0 Å². The summed E-state index contributed by atoms with van der Waals surface area (Å²) in [6, 6.07) is 7.07. The number of aromatic nitrogens is 1. The van der Waals surface area contributed by atoms with Gasteiger partial charge in [0.05, 0.1) is 5.69 Å². The van der Waals surface area contributed by atoms with Gasteiger partial charge >= 0.3 is 0 Å². The van der Waals surface area contributed by atoms with E-state index in [1.807, 2.05) is 0 Å². The lowest BCUT2D eigenvalue weighted by Crippen LogP contribution is -2.33. The largest absolute Gasteiger partial charge is 0.306 e. The van der Waals surface area contributed by atoms with Crippen molar-refractivity contribution >= 4 is 15.9 Å². The van der Waals surface area contributed by atoms with Gasteiger partial charge in [0.15, 0.2) is 0 Å². The fourth-order valence-electron chi connectivity index (χ4n) is 4.73. The highest BCUT2D eigenvalue weighted by molar-refractivity contribution is 9.10. The predicted octanol–water partition coefficient (Wildman–Crippen LogP) is 5.03. The molecule has 2 heterocycles. The SMILES string of the molecule is Cc1cnc2c(c1)CCc1cc(C)cc(Br)c1C2C1CCN(C)CC1. The third kappa shape index (κ3) is 3.29. The van der Waals surface area contributed by atoms with Crippen LogP contribution in [0.15, 0.2) is 28.9 Å². The number of piperidine rings is 1. The summed E-state index contributed by atoms with van der Waals surface area (Å²) in [5.74, 6) is 1.11. The second-order valence-corrected chi connectivity index (χ2v) is 8.85. The van der Waals surface area contributed by atoms with Crippen LogP contribution in [0, 0.1) is 19.8 Å². The summed E-state index contributed by atoms with van der Waals surface area (Å²) in [5, 5.41) is 0. The van der Waals surface area contributed by atoms with Gasteiger partial charge in [-0.15, -0.1) is 0 Å². The van der Waals surface area contributed by atoms with Gasteiger partial charge in [-0.25, -0.2) is 0 Å². The molecule has 25 heavy (non-hydrogen) atoms. The summed E-state index contributed by atoms with van der Waals surface area (Å²) in [6.45, 7) is 6.76.